The molecule has 0 saturated carbocycles. The minimum atomic E-state index is -2.96. The fraction of sp³-hybridized carbons (Fsp3) is 0.333. The van der Waals surface area contributed by atoms with Crippen LogP contribution in [-0.2, 0) is 14.6 Å². The molecule has 0 atom stereocenters. The number of benzene rings is 1. The van der Waals surface area contributed by atoms with Gasteiger partial charge in [-0.05, 0) is 12.1 Å². The first-order chi connectivity index (χ1) is 9.46. The van der Waals surface area contributed by atoms with Gasteiger partial charge in [0.1, 0.15) is 0 Å². The molecule has 1 aromatic carbocycles. The molecule has 21 heavy (non-hydrogen) atoms. The molecule has 1 aliphatic rings. The van der Waals surface area contributed by atoms with Crippen LogP contribution >= 0.6 is 11.8 Å². The Bertz CT molecular complexity index is 776. The Labute approximate surface area is 168 Å². The number of carbonyl (C=O) groups is 1. The van der Waals surface area contributed by atoms with Crippen LogP contribution in [0, 0.1) is 0 Å². The number of carboxylic acids is 1. The molecule has 0 bridgehead atoms. The molecule has 1 saturated heterocycles. The topological polar surface area (TPSA) is 92.1 Å². The van der Waals surface area contributed by atoms with Crippen LogP contribution in [0.3, 0.4) is 0 Å². The summed E-state index contributed by atoms with van der Waals surface area (Å²) in [5, 5.41) is 11.1. The summed E-state index contributed by atoms with van der Waals surface area (Å²) in [6.07, 6.45) is 0. The van der Waals surface area contributed by atoms with Gasteiger partial charge < -0.3 is 14.5 Å². The first-order valence-corrected chi connectivity index (χ1v) is 8.77. The number of carbonyl (C=O) groups excluding carboxylic acids is 1. The monoisotopic (exact) mass is 350 g/mol. The van der Waals surface area contributed by atoms with Crippen LogP contribution in [0.2, 0.25) is 0 Å². The smallest absolute Gasteiger partial charge is 0.549 e. The molecule has 1 fully saturated rings. The van der Waals surface area contributed by atoms with E-state index in [9.17, 15) is 18.3 Å². The van der Waals surface area contributed by atoms with Crippen molar-refractivity contribution in [3.63, 3.8) is 0 Å². The van der Waals surface area contributed by atoms with Crippen molar-refractivity contribution in [2.75, 3.05) is 17.3 Å². The van der Waals surface area contributed by atoms with E-state index in [0.717, 1.165) is 22.8 Å². The fourth-order valence-electron chi connectivity index (χ4n) is 2.29. The molecule has 6 nitrogen and oxygen atoms in total. The van der Waals surface area contributed by atoms with Crippen molar-refractivity contribution in [2.24, 2.45) is 0 Å². The van der Waals surface area contributed by atoms with Gasteiger partial charge in [-0.2, -0.15) is 0 Å². The molecule has 3 rings (SSSR count). The summed E-state index contributed by atoms with van der Waals surface area (Å²) >= 11 is 1.05. The minimum Gasteiger partial charge on any atom is -0.549 e. The number of aromatic nitrogens is 2. The Morgan fingerprint density at radius 1 is 1.38 bits per heavy atom. The largest absolute Gasteiger partial charge is 1.00 e. The van der Waals surface area contributed by atoms with Gasteiger partial charge in [-0.1, -0.05) is 23.9 Å². The summed E-state index contributed by atoms with van der Waals surface area (Å²) in [5.41, 5.74) is 1.56. The summed E-state index contributed by atoms with van der Waals surface area (Å²) < 4.78 is 24.5. The number of fused-ring (bicyclic) bond motifs is 1. The van der Waals surface area contributed by atoms with Crippen LogP contribution in [0.5, 0.6) is 0 Å². The minimum absolute atomic E-state index is 0. The third-order valence-corrected chi connectivity index (χ3v) is 5.85. The zero-order valence-electron chi connectivity index (χ0n) is 11.4. The van der Waals surface area contributed by atoms with E-state index in [4.69, 9.17) is 0 Å². The van der Waals surface area contributed by atoms with E-state index in [0.29, 0.717) is 5.16 Å². The third kappa shape index (κ3) is 3.71. The molecule has 106 valence electrons. The van der Waals surface area contributed by atoms with Crippen molar-refractivity contribution >= 4 is 38.6 Å². The van der Waals surface area contributed by atoms with E-state index < -0.39 is 15.8 Å². The maximum Gasteiger partial charge on any atom is 1.00 e. The van der Waals surface area contributed by atoms with E-state index in [1.807, 2.05) is 28.8 Å². The number of imidazole rings is 1. The van der Waals surface area contributed by atoms with Crippen LogP contribution in [0.4, 0.5) is 0 Å². The second-order valence-corrected chi connectivity index (χ2v) is 7.74. The molecule has 9 heteroatoms. The van der Waals surface area contributed by atoms with Crippen LogP contribution in [0.25, 0.3) is 11.0 Å². The summed E-state index contributed by atoms with van der Waals surface area (Å²) in [4.78, 5) is 15.0. The fourth-order valence-corrected chi connectivity index (χ4v) is 4.46. The van der Waals surface area contributed by atoms with Crippen LogP contribution in [0.15, 0.2) is 29.4 Å². The third-order valence-electron chi connectivity index (χ3n) is 3.14. The zero-order valence-corrected chi connectivity index (χ0v) is 16.1. The quantitative estimate of drug-likeness (QED) is 0.427. The SMILES string of the molecule is O=C([O-])CSc1nc2ccccc2n1C1CS(=O)(=O)C1.[K+]. The molecular formula is C12H11KN2O4S2. The number of hydrogen-bond acceptors (Lipinski definition) is 6. The van der Waals surface area contributed by atoms with Crippen molar-refractivity contribution in [3.8, 4) is 0 Å². The van der Waals surface area contributed by atoms with Gasteiger partial charge >= 0.3 is 51.4 Å². The first kappa shape index (κ1) is 17.5. The molecule has 2 heterocycles. The van der Waals surface area contributed by atoms with Crippen LogP contribution in [-0.4, -0.2) is 41.2 Å². The number of para-hydroxylation sites is 2. The number of nitrogens with zero attached hydrogens (tertiary/aromatic N) is 2. The van der Waals surface area contributed by atoms with E-state index >= 15 is 0 Å². The van der Waals surface area contributed by atoms with E-state index in [2.05, 4.69) is 4.98 Å². The Hall–Kier alpha value is 0.0964. The van der Waals surface area contributed by atoms with Gasteiger partial charge in [-0.15, -0.1) is 0 Å². The van der Waals surface area contributed by atoms with Crippen molar-refractivity contribution in [1.82, 2.24) is 9.55 Å². The van der Waals surface area contributed by atoms with Gasteiger partial charge in [0.05, 0.1) is 34.6 Å². The van der Waals surface area contributed by atoms with Crippen molar-refractivity contribution in [3.05, 3.63) is 24.3 Å². The first-order valence-electron chi connectivity index (χ1n) is 5.96. The van der Waals surface area contributed by atoms with Gasteiger partial charge in [0, 0.05) is 5.75 Å². The standard InChI is InChI=1S/C12H12N2O4S2.K/c15-11(16)5-19-12-13-9-3-1-2-4-10(9)14(12)8-6-20(17,18)7-8;/h1-4,8H,5-7H2,(H,15,16);/q;+1/p-1. The van der Waals surface area contributed by atoms with Gasteiger partial charge in [0.25, 0.3) is 0 Å². The number of thioether (sulfide) groups is 1. The molecule has 1 aromatic heterocycles. The summed E-state index contributed by atoms with van der Waals surface area (Å²) in [7, 11) is -2.96. The second kappa shape index (κ2) is 6.69. The average Bonchev–Trinajstić information content (AvgIpc) is 2.71. The molecule has 0 radical (unpaired) electrons. The Morgan fingerprint density at radius 3 is 2.67 bits per heavy atom. The molecule has 2 aromatic rings. The molecule has 1 aliphatic heterocycles. The molecule has 0 spiro atoms. The summed E-state index contributed by atoms with van der Waals surface area (Å²) in [5.74, 6) is -1.23. The predicted molar refractivity (Wildman–Crippen MR) is 73.2 cm³/mol. The van der Waals surface area contributed by atoms with Gasteiger partial charge in [0.15, 0.2) is 15.0 Å². The zero-order chi connectivity index (χ0) is 14.3. The summed E-state index contributed by atoms with van der Waals surface area (Å²) in [6, 6.07) is 7.20. The molecule has 0 aliphatic carbocycles. The van der Waals surface area contributed by atoms with Gasteiger partial charge in [-0.25, -0.2) is 13.4 Å². The number of aliphatic carboxylic acids is 1. The van der Waals surface area contributed by atoms with Crippen molar-refractivity contribution in [1.29, 1.82) is 0 Å². The van der Waals surface area contributed by atoms with E-state index in [1.165, 1.54) is 0 Å². The van der Waals surface area contributed by atoms with Gasteiger partial charge in [-0.3, -0.25) is 0 Å². The maximum absolute atomic E-state index is 11.4. The Kier molecular flexibility index (Phi) is 5.56. The molecule has 0 unspecified atom stereocenters. The molecule has 0 N–H and O–H groups in total. The second-order valence-electron chi connectivity index (χ2n) is 4.64. The number of rotatable bonds is 4. The molecule has 0 amide bonds. The Balaban J connectivity index is 0.00000161. The van der Waals surface area contributed by atoms with Gasteiger partial charge in [0.2, 0.25) is 0 Å². The van der Waals surface area contributed by atoms with Crippen LogP contribution in [0.1, 0.15) is 6.04 Å². The Morgan fingerprint density at radius 2 is 2.05 bits per heavy atom. The molecular weight excluding hydrogens is 339 g/mol. The van der Waals surface area contributed by atoms with Crippen molar-refractivity contribution in [2.45, 2.75) is 11.2 Å². The normalized spacial score (nSPS) is 17.1. The number of hydrogen-bond donors (Lipinski definition) is 0. The number of carboxylic acid groups (broad SMARTS) is 1. The number of sulfone groups is 1. The maximum atomic E-state index is 11.4. The average molecular weight is 350 g/mol. The van der Waals surface area contributed by atoms with E-state index in [-0.39, 0.29) is 74.7 Å². The summed E-state index contributed by atoms with van der Waals surface area (Å²) in [6.45, 7) is 0. The van der Waals surface area contributed by atoms with Crippen molar-refractivity contribution < 1.29 is 69.7 Å². The van der Waals surface area contributed by atoms with Crippen LogP contribution < -0.4 is 56.5 Å². The van der Waals surface area contributed by atoms with E-state index in [1.54, 1.807) is 0 Å². The predicted octanol–water partition coefficient (Wildman–Crippen LogP) is -3.15.